The van der Waals surface area contributed by atoms with Crippen LogP contribution in [0.5, 0.6) is 0 Å². The molecule has 2 aromatic rings. The van der Waals surface area contributed by atoms with Crippen LogP contribution < -0.4 is 5.32 Å². The van der Waals surface area contributed by atoms with Crippen molar-refractivity contribution < 1.29 is 4.39 Å². The standard InChI is InChI=1S/C12H15ClFN5/c1-8(2)6-15-7-12-16-17-18-19(12)9-3-4-10(13)11(14)5-9/h3-5,8,15H,6-7H2,1-2H3. The number of aromatic nitrogens is 4. The number of tetrazole rings is 1. The van der Waals surface area contributed by atoms with E-state index in [1.165, 1.54) is 16.8 Å². The van der Waals surface area contributed by atoms with E-state index >= 15 is 0 Å². The monoisotopic (exact) mass is 283 g/mol. The third-order valence-electron chi connectivity index (χ3n) is 2.52. The fourth-order valence-electron chi connectivity index (χ4n) is 1.61. The summed E-state index contributed by atoms with van der Waals surface area (Å²) in [5.41, 5.74) is 0.549. The number of halogens is 2. The summed E-state index contributed by atoms with van der Waals surface area (Å²) in [5, 5.41) is 14.7. The van der Waals surface area contributed by atoms with Gasteiger partial charge in [-0.05, 0) is 35.0 Å². The van der Waals surface area contributed by atoms with Crippen molar-refractivity contribution in [1.82, 2.24) is 25.5 Å². The Morgan fingerprint density at radius 3 is 2.89 bits per heavy atom. The van der Waals surface area contributed by atoms with Gasteiger partial charge < -0.3 is 5.32 Å². The van der Waals surface area contributed by atoms with E-state index in [9.17, 15) is 4.39 Å². The lowest BCUT2D eigenvalue weighted by Gasteiger charge is -2.08. The first-order chi connectivity index (χ1) is 9.08. The van der Waals surface area contributed by atoms with Crippen molar-refractivity contribution in [2.45, 2.75) is 20.4 Å². The molecule has 102 valence electrons. The van der Waals surface area contributed by atoms with E-state index in [-0.39, 0.29) is 5.02 Å². The van der Waals surface area contributed by atoms with Crippen LogP contribution in [-0.2, 0) is 6.54 Å². The van der Waals surface area contributed by atoms with Crippen LogP contribution in [-0.4, -0.2) is 26.8 Å². The molecule has 0 unspecified atom stereocenters. The maximum Gasteiger partial charge on any atom is 0.170 e. The highest BCUT2D eigenvalue weighted by Gasteiger charge is 2.10. The average Bonchev–Trinajstić information content (AvgIpc) is 2.80. The van der Waals surface area contributed by atoms with Gasteiger partial charge in [0, 0.05) is 6.07 Å². The zero-order chi connectivity index (χ0) is 13.8. The SMILES string of the molecule is CC(C)CNCc1nnnn1-c1ccc(Cl)c(F)c1. The molecule has 0 saturated heterocycles. The summed E-state index contributed by atoms with van der Waals surface area (Å²) < 4.78 is 14.9. The molecule has 0 bridgehead atoms. The first-order valence-electron chi connectivity index (χ1n) is 6.01. The van der Waals surface area contributed by atoms with E-state index in [4.69, 9.17) is 11.6 Å². The molecule has 7 heteroatoms. The van der Waals surface area contributed by atoms with Gasteiger partial charge in [-0.2, -0.15) is 4.68 Å². The molecule has 0 spiro atoms. The van der Waals surface area contributed by atoms with Gasteiger partial charge in [0.2, 0.25) is 0 Å². The van der Waals surface area contributed by atoms with Crippen LogP contribution in [0, 0.1) is 11.7 Å². The van der Waals surface area contributed by atoms with Gasteiger partial charge in [0.25, 0.3) is 0 Å². The lowest BCUT2D eigenvalue weighted by Crippen LogP contribution is -2.21. The van der Waals surface area contributed by atoms with E-state index in [0.29, 0.717) is 24.0 Å². The number of nitrogens with one attached hydrogen (secondary N) is 1. The topological polar surface area (TPSA) is 55.6 Å². The quantitative estimate of drug-likeness (QED) is 0.914. The van der Waals surface area contributed by atoms with Crippen LogP contribution >= 0.6 is 11.6 Å². The molecule has 0 saturated carbocycles. The number of hydrogen-bond acceptors (Lipinski definition) is 4. The summed E-state index contributed by atoms with van der Waals surface area (Å²) in [7, 11) is 0. The van der Waals surface area contributed by atoms with Crippen LogP contribution in [0.15, 0.2) is 18.2 Å². The lowest BCUT2D eigenvalue weighted by atomic mass is 10.2. The Balaban J connectivity index is 2.16. The van der Waals surface area contributed by atoms with Crippen LogP contribution in [0.3, 0.4) is 0 Å². The highest BCUT2D eigenvalue weighted by Crippen LogP contribution is 2.18. The van der Waals surface area contributed by atoms with Gasteiger partial charge in [0.15, 0.2) is 5.82 Å². The summed E-state index contributed by atoms with van der Waals surface area (Å²) in [4.78, 5) is 0. The zero-order valence-corrected chi connectivity index (χ0v) is 11.5. The average molecular weight is 284 g/mol. The van der Waals surface area contributed by atoms with E-state index in [0.717, 1.165) is 6.54 Å². The molecule has 0 aliphatic rings. The van der Waals surface area contributed by atoms with Crippen molar-refractivity contribution in [3.8, 4) is 5.69 Å². The minimum atomic E-state index is -0.490. The molecule has 0 radical (unpaired) electrons. The molecular formula is C12H15ClFN5. The number of hydrogen-bond donors (Lipinski definition) is 1. The van der Waals surface area contributed by atoms with Gasteiger partial charge in [0.1, 0.15) is 5.82 Å². The molecule has 1 aromatic carbocycles. The molecule has 1 heterocycles. The number of rotatable bonds is 5. The van der Waals surface area contributed by atoms with E-state index in [1.54, 1.807) is 6.07 Å². The van der Waals surface area contributed by atoms with Gasteiger partial charge in [-0.15, -0.1) is 5.10 Å². The Bertz CT molecular complexity index is 555. The Labute approximate surface area is 115 Å². The maximum atomic E-state index is 13.4. The smallest absolute Gasteiger partial charge is 0.170 e. The Hall–Kier alpha value is -1.53. The van der Waals surface area contributed by atoms with Crippen molar-refractivity contribution in [1.29, 1.82) is 0 Å². The van der Waals surface area contributed by atoms with Crippen LogP contribution in [0.2, 0.25) is 5.02 Å². The first-order valence-corrected chi connectivity index (χ1v) is 6.39. The van der Waals surface area contributed by atoms with Crippen molar-refractivity contribution in [3.63, 3.8) is 0 Å². The lowest BCUT2D eigenvalue weighted by molar-refractivity contribution is 0.537. The zero-order valence-electron chi connectivity index (χ0n) is 10.8. The van der Waals surface area contributed by atoms with Crippen molar-refractivity contribution in [3.05, 3.63) is 34.9 Å². The summed E-state index contributed by atoms with van der Waals surface area (Å²) in [5.74, 6) is 0.676. The molecule has 0 amide bonds. The van der Waals surface area contributed by atoms with Crippen LogP contribution in [0.4, 0.5) is 4.39 Å². The second-order valence-electron chi connectivity index (χ2n) is 4.63. The third-order valence-corrected chi connectivity index (χ3v) is 2.82. The van der Waals surface area contributed by atoms with E-state index in [1.807, 2.05) is 0 Å². The number of benzene rings is 1. The normalized spacial score (nSPS) is 11.2. The van der Waals surface area contributed by atoms with Gasteiger partial charge in [-0.3, -0.25) is 0 Å². The molecule has 1 N–H and O–H groups in total. The molecule has 1 aromatic heterocycles. The highest BCUT2D eigenvalue weighted by atomic mass is 35.5. The molecule has 0 aliphatic carbocycles. The first kappa shape index (κ1) is 13.9. The number of nitrogens with zero attached hydrogens (tertiary/aromatic N) is 4. The second-order valence-corrected chi connectivity index (χ2v) is 5.04. The third kappa shape index (κ3) is 3.48. The largest absolute Gasteiger partial charge is 0.310 e. The van der Waals surface area contributed by atoms with Gasteiger partial charge >= 0.3 is 0 Å². The minimum absolute atomic E-state index is 0.0799. The van der Waals surface area contributed by atoms with Crippen LogP contribution in [0.1, 0.15) is 19.7 Å². The second kappa shape index (κ2) is 6.08. The molecule has 2 rings (SSSR count). The molecule has 0 atom stereocenters. The van der Waals surface area contributed by atoms with Crippen LogP contribution in [0.25, 0.3) is 5.69 Å². The summed E-state index contributed by atoms with van der Waals surface area (Å²) in [6.07, 6.45) is 0. The summed E-state index contributed by atoms with van der Waals surface area (Å²) >= 11 is 5.65. The molecular weight excluding hydrogens is 269 g/mol. The maximum absolute atomic E-state index is 13.4. The van der Waals surface area contributed by atoms with Crippen molar-refractivity contribution in [2.75, 3.05) is 6.54 Å². The molecule has 19 heavy (non-hydrogen) atoms. The fraction of sp³-hybridized carbons (Fsp3) is 0.417. The summed E-state index contributed by atoms with van der Waals surface area (Å²) in [6.45, 7) is 5.62. The van der Waals surface area contributed by atoms with E-state index in [2.05, 4.69) is 34.7 Å². The van der Waals surface area contributed by atoms with Crippen molar-refractivity contribution >= 4 is 11.6 Å². The fourth-order valence-corrected chi connectivity index (χ4v) is 1.72. The Morgan fingerprint density at radius 1 is 1.42 bits per heavy atom. The van der Waals surface area contributed by atoms with Gasteiger partial charge in [0.05, 0.1) is 17.3 Å². The predicted octanol–water partition coefficient (Wildman–Crippen LogP) is 2.20. The highest BCUT2D eigenvalue weighted by molar-refractivity contribution is 6.30. The van der Waals surface area contributed by atoms with Gasteiger partial charge in [-0.25, -0.2) is 4.39 Å². The summed E-state index contributed by atoms with van der Waals surface area (Å²) in [6, 6.07) is 4.47. The molecule has 0 fully saturated rings. The van der Waals surface area contributed by atoms with Gasteiger partial charge in [-0.1, -0.05) is 25.4 Å². The Morgan fingerprint density at radius 2 is 2.21 bits per heavy atom. The predicted molar refractivity (Wildman–Crippen MR) is 70.7 cm³/mol. The molecule has 5 nitrogen and oxygen atoms in total. The minimum Gasteiger partial charge on any atom is -0.310 e. The van der Waals surface area contributed by atoms with E-state index < -0.39 is 5.82 Å². The Kier molecular flexibility index (Phi) is 4.44. The molecule has 0 aliphatic heterocycles. The van der Waals surface area contributed by atoms with Crippen molar-refractivity contribution in [2.24, 2.45) is 5.92 Å².